The summed E-state index contributed by atoms with van der Waals surface area (Å²) in [6, 6.07) is 5.32. The van der Waals surface area contributed by atoms with Crippen molar-refractivity contribution in [3.8, 4) is 11.5 Å². The van der Waals surface area contributed by atoms with Crippen molar-refractivity contribution >= 4 is 12.2 Å². The zero-order chi connectivity index (χ0) is 16.5. The predicted octanol–water partition coefficient (Wildman–Crippen LogP) is 0.941. The van der Waals surface area contributed by atoms with Crippen LogP contribution in [0.2, 0.25) is 0 Å². The van der Waals surface area contributed by atoms with Gasteiger partial charge in [0.05, 0.1) is 26.5 Å². The van der Waals surface area contributed by atoms with Gasteiger partial charge in [-0.25, -0.2) is 10.2 Å². The molecule has 23 heavy (non-hydrogen) atoms. The number of nitrogens with one attached hydrogen (secondary N) is 4. The van der Waals surface area contributed by atoms with E-state index < -0.39 is 0 Å². The summed E-state index contributed by atoms with van der Waals surface area (Å²) >= 11 is 0. The van der Waals surface area contributed by atoms with Crippen molar-refractivity contribution in [2.45, 2.75) is 25.9 Å². The fourth-order valence-electron chi connectivity index (χ4n) is 1.97. The molecular formula is C15H23N5O3. The second kappa shape index (κ2) is 8.84. The second-order valence-electron chi connectivity index (χ2n) is 5.03. The highest BCUT2D eigenvalue weighted by Crippen LogP contribution is 2.27. The number of benzene rings is 1. The number of amides is 2. The normalized spacial score (nSPS) is 17.5. The molecule has 1 aliphatic heterocycles. The first-order valence-corrected chi connectivity index (χ1v) is 7.61. The SMILES string of the molecule is CCCCOc1ccc(/C=N/NC2CNNC(=O)N2)cc1OC. The molecule has 0 spiro atoms. The average molecular weight is 321 g/mol. The molecule has 0 saturated carbocycles. The standard InChI is InChI=1S/C15H23N5O3/c1-3-4-7-23-12-6-5-11(8-13(12)22-2)9-16-19-14-10-17-20-15(21)18-14/h5-6,8-9,14,17,19H,3-4,7,10H2,1-2H3,(H2,18,20,21)/b16-9+. The van der Waals surface area contributed by atoms with Gasteiger partial charge >= 0.3 is 6.03 Å². The number of unbranched alkanes of at least 4 members (excludes halogenated alkanes) is 1. The number of hydrogen-bond donors (Lipinski definition) is 4. The van der Waals surface area contributed by atoms with Gasteiger partial charge in [0.1, 0.15) is 6.17 Å². The van der Waals surface area contributed by atoms with Crippen LogP contribution in [0.4, 0.5) is 4.79 Å². The quantitative estimate of drug-likeness (QED) is 0.325. The Morgan fingerprint density at radius 3 is 3.04 bits per heavy atom. The van der Waals surface area contributed by atoms with Gasteiger partial charge in [-0.1, -0.05) is 13.3 Å². The minimum atomic E-state index is -0.292. The van der Waals surface area contributed by atoms with Crippen molar-refractivity contribution in [3.63, 3.8) is 0 Å². The first-order chi connectivity index (χ1) is 11.2. The van der Waals surface area contributed by atoms with Crippen LogP contribution >= 0.6 is 0 Å². The van der Waals surface area contributed by atoms with Crippen LogP contribution in [-0.2, 0) is 0 Å². The molecule has 2 rings (SSSR count). The number of hydrogen-bond acceptors (Lipinski definition) is 6. The van der Waals surface area contributed by atoms with Crippen molar-refractivity contribution in [2.75, 3.05) is 20.3 Å². The third-order valence-electron chi connectivity index (χ3n) is 3.20. The Hall–Kier alpha value is -2.48. The number of nitrogens with zero attached hydrogens (tertiary/aromatic N) is 1. The van der Waals surface area contributed by atoms with Crippen LogP contribution in [-0.4, -0.2) is 38.7 Å². The van der Waals surface area contributed by atoms with E-state index in [-0.39, 0.29) is 12.2 Å². The largest absolute Gasteiger partial charge is 0.493 e. The summed E-state index contributed by atoms with van der Waals surface area (Å²) in [5.41, 5.74) is 8.91. The average Bonchev–Trinajstić information content (AvgIpc) is 2.56. The minimum Gasteiger partial charge on any atom is -0.493 e. The third kappa shape index (κ3) is 5.33. The number of ether oxygens (including phenoxy) is 2. The molecule has 0 aliphatic carbocycles. The maximum absolute atomic E-state index is 11.1. The smallest absolute Gasteiger partial charge is 0.330 e. The molecule has 1 saturated heterocycles. The van der Waals surface area contributed by atoms with Crippen LogP contribution in [0.3, 0.4) is 0 Å². The van der Waals surface area contributed by atoms with Crippen molar-refractivity contribution < 1.29 is 14.3 Å². The van der Waals surface area contributed by atoms with Gasteiger partial charge in [0.15, 0.2) is 11.5 Å². The third-order valence-corrected chi connectivity index (χ3v) is 3.20. The summed E-state index contributed by atoms with van der Waals surface area (Å²) in [5.74, 6) is 1.39. The van der Waals surface area contributed by atoms with Gasteiger partial charge in [-0.2, -0.15) is 5.10 Å². The fourth-order valence-corrected chi connectivity index (χ4v) is 1.97. The Morgan fingerprint density at radius 1 is 1.43 bits per heavy atom. The van der Waals surface area contributed by atoms with E-state index in [0.717, 1.165) is 24.2 Å². The van der Waals surface area contributed by atoms with Crippen LogP contribution < -0.4 is 31.1 Å². The number of hydrazine groups is 1. The van der Waals surface area contributed by atoms with Crippen molar-refractivity contribution in [2.24, 2.45) is 5.10 Å². The number of urea groups is 1. The van der Waals surface area contributed by atoms with Gasteiger partial charge in [-0.15, -0.1) is 0 Å². The monoisotopic (exact) mass is 321 g/mol. The van der Waals surface area contributed by atoms with Gasteiger partial charge in [0.25, 0.3) is 0 Å². The summed E-state index contributed by atoms with van der Waals surface area (Å²) < 4.78 is 11.0. The fraction of sp³-hybridized carbons (Fsp3) is 0.467. The summed E-state index contributed by atoms with van der Waals surface area (Å²) in [5, 5.41) is 6.81. The molecule has 8 heteroatoms. The van der Waals surface area contributed by atoms with Crippen molar-refractivity contribution in [1.29, 1.82) is 0 Å². The van der Waals surface area contributed by atoms with Crippen molar-refractivity contribution in [3.05, 3.63) is 23.8 Å². The lowest BCUT2D eigenvalue weighted by Crippen LogP contribution is -2.62. The van der Waals surface area contributed by atoms with E-state index in [9.17, 15) is 4.79 Å². The van der Waals surface area contributed by atoms with E-state index in [1.54, 1.807) is 13.3 Å². The number of methoxy groups -OCH3 is 1. The van der Waals surface area contributed by atoms with Gasteiger partial charge < -0.3 is 14.8 Å². The Balaban J connectivity index is 1.91. The Bertz CT molecular complexity index is 550. The summed E-state index contributed by atoms with van der Waals surface area (Å²) in [7, 11) is 1.61. The number of carbonyl (C=O) groups excluding carboxylic acids is 1. The van der Waals surface area contributed by atoms with Gasteiger partial charge in [-0.3, -0.25) is 10.9 Å². The molecule has 1 heterocycles. The Kier molecular flexibility index (Phi) is 6.49. The van der Waals surface area contributed by atoms with E-state index in [1.165, 1.54) is 0 Å². The predicted molar refractivity (Wildman–Crippen MR) is 87.6 cm³/mol. The molecule has 4 N–H and O–H groups in total. The molecule has 1 unspecified atom stereocenters. The molecule has 1 aromatic rings. The highest BCUT2D eigenvalue weighted by Gasteiger charge is 2.15. The van der Waals surface area contributed by atoms with E-state index in [1.807, 2.05) is 18.2 Å². The molecule has 1 fully saturated rings. The molecule has 8 nitrogen and oxygen atoms in total. The van der Waals surface area contributed by atoms with E-state index in [0.29, 0.717) is 18.9 Å². The van der Waals surface area contributed by atoms with Gasteiger partial charge in [0.2, 0.25) is 0 Å². The Morgan fingerprint density at radius 2 is 2.30 bits per heavy atom. The van der Waals surface area contributed by atoms with E-state index in [4.69, 9.17) is 9.47 Å². The first-order valence-electron chi connectivity index (χ1n) is 7.61. The van der Waals surface area contributed by atoms with E-state index >= 15 is 0 Å². The van der Waals surface area contributed by atoms with Gasteiger partial charge in [-0.05, 0) is 30.2 Å². The van der Waals surface area contributed by atoms with Crippen LogP contribution in [0.25, 0.3) is 0 Å². The summed E-state index contributed by atoms with van der Waals surface area (Å²) in [6.07, 6.45) is 3.48. The zero-order valence-corrected chi connectivity index (χ0v) is 13.4. The van der Waals surface area contributed by atoms with Gasteiger partial charge in [0, 0.05) is 0 Å². The lowest BCUT2D eigenvalue weighted by molar-refractivity contribution is 0.217. The van der Waals surface area contributed by atoms with E-state index in [2.05, 4.69) is 33.6 Å². The minimum absolute atomic E-state index is 0.265. The molecule has 1 atom stereocenters. The van der Waals surface area contributed by atoms with Crippen LogP contribution in [0.5, 0.6) is 11.5 Å². The molecule has 1 aliphatic rings. The maximum Gasteiger partial charge on any atom is 0.330 e. The summed E-state index contributed by atoms with van der Waals surface area (Å²) in [6.45, 7) is 3.31. The van der Waals surface area contributed by atoms with Crippen LogP contribution in [0.15, 0.2) is 23.3 Å². The van der Waals surface area contributed by atoms with Crippen LogP contribution in [0, 0.1) is 0 Å². The molecule has 126 valence electrons. The van der Waals surface area contributed by atoms with Crippen LogP contribution in [0.1, 0.15) is 25.3 Å². The molecular weight excluding hydrogens is 298 g/mol. The zero-order valence-electron chi connectivity index (χ0n) is 13.4. The number of hydrazone groups is 1. The lowest BCUT2D eigenvalue weighted by atomic mass is 10.2. The molecule has 2 amide bonds. The lowest BCUT2D eigenvalue weighted by Gasteiger charge is -2.24. The second-order valence-corrected chi connectivity index (χ2v) is 5.03. The maximum atomic E-state index is 11.1. The first kappa shape index (κ1) is 16.9. The molecule has 1 aromatic carbocycles. The van der Waals surface area contributed by atoms with Crippen molar-refractivity contribution in [1.82, 2.24) is 21.6 Å². The number of carbonyl (C=O) groups is 1. The topological polar surface area (TPSA) is 96.0 Å². The summed E-state index contributed by atoms with van der Waals surface area (Å²) in [4.78, 5) is 11.1. The number of rotatable bonds is 8. The highest BCUT2D eigenvalue weighted by atomic mass is 16.5. The molecule has 0 aromatic heterocycles. The molecule has 0 radical (unpaired) electrons. The Labute approximate surface area is 135 Å². The highest BCUT2D eigenvalue weighted by molar-refractivity contribution is 5.80. The molecule has 0 bridgehead atoms.